The first-order chi connectivity index (χ1) is 6.76. The van der Waals surface area contributed by atoms with Gasteiger partial charge in [-0.1, -0.05) is 13.8 Å². The predicted octanol–water partition coefficient (Wildman–Crippen LogP) is 2.46. The van der Waals surface area contributed by atoms with Gasteiger partial charge in [0.15, 0.2) is 0 Å². The van der Waals surface area contributed by atoms with Crippen LogP contribution < -0.4 is 5.32 Å². The molecule has 1 fully saturated rings. The number of rotatable bonds is 2. The summed E-state index contributed by atoms with van der Waals surface area (Å²) in [4.78, 5) is 0. The summed E-state index contributed by atoms with van der Waals surface area (Å²) in [6.45, 7) is 6.69. The van der Waals surface area contributed by atoms with E-state index in [9.17, 15) is 0 Å². The molecular formula is C12H21NO. The van der Waals surface area contributed by atoms with Crippen LogP contribution in [0.25, 0.3) is 0 Å². The van der Waals surface area contributed by atoms with E-state index in [0.717, 1.165) is 13.2 Å². The van der Waals surface area contributed by atoms with Gasteiger partial charge in [-0.3, -0.25) is 0 Å². The van der Waals surface area contributed by atoms with Gasteiger partial charge in [0.2, 0.25) is 0 Å². The Morgan fingerprint density at radius 2 is 2.29 bits per heavy atom. The monoisotopic (exact) mass is 195 g/mol. The van der Waals surface area contributed by atoms with Gasteiger partial charge in [0.1, 0.15) is 0 Å². The van der Waals surface area contributed by atoms with Crippen LogP contribution in [0.2, 0.25) is 0 Å². The quantitative estimate of drug-likeness (QED) is 0.731. The first-order valence-corrected chi connectivity index (χ1v) is 5.82. The number of nitrogens with one attached hydrogen (secondary N) is 1. The van der Waals surface area contributed by atoms with Gasteiger partial charge in [0.25, 0.3) is 0 Å². The second-order valence-electron chi connectivity index (χ2n) is 4.77. The van der Waals surface area contributed by atoms with Gasteiger partial charge in [-0.05, 0) is 43.7 Å². The Morgan fingerprint density at radius 3 is 2.79 bits per heavy atom. The van der Waals surface area contributed by atoms with Gasteiger partial charge in [-0.25, -0.2) is 0 Å². The van der Waals surface area contributed by atoms with E-state index >= 15 is 0 Å². The van der Waals surface area contributed by atoms with Gasteiger partial charge < -0.3 is 10.1 Å². The molecule has 2 rings (SSSR count). The summed E-state index contributed by atoms with van der Waals surface area (Å²) < 4.78 is 5.47. The highest BCUT2D eigenvalue weighted by Gasteiger charge is 2.40. The van der Waals surface area contributed by atoms with E-state index in [0.29, 0.717) is 5.92 Å². The average molecular weight is 195 g/mol. The van der Waals surface area contributed by atoms with Crippen molar-refractivity contribution in [3.8, 4) is 0 Å². The highest BCUT2D eigenvalue weighted by Crippen LogP contribution is 2.37. The van der Waals surface area contributed by atoms with E-state index in [1.165, 1.54) is 31.3 Å². The van der Waals surface area contributed by atoms with Crippen molar-refractivity contribution in [1.82, 2.24) is 5.32 Å². The molecule has 0 aromatic rings. The Kier molecular flexibility index (Phi) is 2.82. The maximum atomic E-state index is 5.47. The van der Waals surface area contributed by atoms with Crippen molar-refractivity contribution in [3.63, 3.8) is 0 Å². The number of hydrogen-bond acceptors (Lipinski definition) is 2. The van der Waals surface area contributed by atoms with Crippen molar-refractivity contribution in [2.45, 2.75) is 45.1 Å². The lowest BCUT2D eigenvalue weighted by Crippen LogP contribution is -2.47. The van der Waals surface area contributed by atoms with E-state index < -0.39 is 0 Å². The second kappa shape index (κ2) is 3.93. The van der Waals surface area contributed by atoms with Crippen LogP contribution in [-0.4, -0.2) is 18.7 Å². The van der Waals surface area contributed by atoms with E-state index in [1.807, 2.05) is 6.26 Å². The maximum absolute atomic E-state index is 5.47. The largest absolute Gasteiger partial charge is 0.501 e. The minimum atomic E-state index is 0.250. The molecule has 2 heterocycles. The maximum Gasteiger partial charge on any atom is 0.0876 e. The Morgan fingerprint density at radius 1 is 1.43 bits per heavy atom. The van der Waals surface area contributed by atoms with Gasteiger partial charge in [-0.15, -0.1) is 0 Å². The highest BCUT2D eigenvalue weighted by atomic mass is 16.5. The molecule has 1 saturated heterocycles. The molecule has 1 N–H and O–H groups in total. The zero-order valence-corrected chi connectivity index (χ0v) is 9.31. The molecule has 0 spiro atoms. The topological polar surface area (TPSA) is 21.3 Å². The Bertz CT molecular complexity index is 226. The fourth-order valence-electron chi connectivity index (χ4n) is 2.80. The van der Waals surface area contributed by atoms with Crippen LogP contribution in [0.15, 0.2) is 11.8 Å². The van der Waals surface area contributed by atoms with E-state index in [4.69, 9.17) is 4.74 Å². The van der Waals surface area contributed by atoms with E-state index in [1.54, 1.807) is 0 Å². The molecule has 2 heteroatoms. The lowest BCUT2D eigenvalue weighted by molar-refractivity contribution is 0.199. The van der Waals surface area contributed by atoms with Crippen molar-refractivity contribution < 1.29 is 4.74 Å². The third kappa shape index (κ3) is 1.56. The number of hydrogen-bond donors (Lipinski definition) is 1. The summed E-state index contributed by atoms with van der Waals surface area (Å²) >= 11 is 0. The Balaban J connectivity index is 2.21. The van der Waals surface area contributed by atoms with Gasteiger partial charge in [0.05, 0.1) is 12.9 Å². The molecule has 0 bridgehead atoms. The third-order valence-corrected chi connectivity index (χ3v) is 3.68. The van der Waals surface area contributed by atoms with Gasteiger partial charge in [-0.2, -0.15) is 0 Å². The van der Waals surface area contributed by atoms with Crippen molar-refractivity contribution in [2.75, 3.05) is 13.2 Å². The zero-order chi connectivity index (χ0) is 10.0. The van der Waals surface area contributed by atoms with Crippen molar-refractivity contribution in [1.29, 1.82) is 0 Å². The molecule has 0 aromatic carbocycles. The summed E-state index contributed by atoms with van der Waals surface area (Å²) in [6.07, 6.45) is 6.99. The molecule has 14 heavy (non-hydrogen) atoms. The fraction of sp³-hybridized carbons (Fsp3) is 0.833. The smallest absolute Gasteiger partial charge is 0.0876 e. The van der Waals surface area contributed by atoms with Crippen LogP contribution in [0.5, 0.6) is 0 Å². The minimum Gasteiger partial charge on any atom is -0.501 e. The van der Waals surface area contributed by atoms with Crippen molar-refractivity contribution in [3.05, 3.63) is 11.8 Å². The first kappa shape index (κ1) is 10.0. The van der Waals surface area contributed by atoms with Crippen LogP contribution in [0.1, 0.15) is 39.5 Å². The highest BCUT2D eigenvalue weighted by molar-refractivity contribution is 5.23. The summed E-state index contributed by atoms with van der Waals surface area (Å²) in [5.74, 6) is 0.665. The molecule has 1 atom stereocenters. The third-order valence-electron chi connectivity index (χ3n) is 3.68. The summed E-state index contributed by atoms with van der Waals surface area (Å²) in [6, 6.07) is 0. The molecule has 0 aromatic heterocycles. The average Bonchev–Trinajstić information content (AvgIpc) is 2.69. The molecule has 0 aliphatic carbocycles. The van der Waals surface area contributed by atoms with Crippen LogP contribution in [-0.2, 0) is 4.74 Å². The van der Waals surface area contributed by atoms with E-state index in [2.05, 4.69) is 19.2 Å². The summed E-state index contributed by atoms with van der Waals surface area (Å²) in [7, 11) is 0. The molecule has 0 radical (unpaired) electrons. The van der Waals surface area contributed by atoms with Crippen molar-refractivity contribution >= 4 is 0 Å². The summed E-state index contributed by atoms with van der Waals surface area (Å²) in [5, 5.41) is 3.69. The minimum absolute atomic E-state index is 0.250. The molecule has 0 saturated carbocycles. The normalized spacial score (nSPS) is 32.9. The predicted molar refractivity (Wildman–Crippen MR) is 58.1 cm³/mol. The van der Waals surface area contributed by atoms with Crippen LogP contribution >= 0.6 is 0 Å². The lowest BCUT2D eigenvalue weighted by Gasteiger charge is -2.37. The van der Waals surface area contributed by atoms with E-state index in [-0.39, 0.29) is 5.54 Å². The standard InChI is InChI=1S/C12H21NO/c1-10(2)12(6-4-7-13-12)11-5-3-8-14-9-11/h9-10,13H,3-8H2,1-2H3. The lowest BCUT2D eigenvalue weighted by atomic mass is 9.77. The van der Waals surface area contributed by atoms with Crippen LogP contribution in [0.4, 0.5) is 0 Å². The second-order valence-corrected chi connectivity index (χ2v) is 4.77. The summed E-state index contributed by atoms with van der Waals surface area (Å²) in [5.41, 5.74) is 1.75. The molecule has 2 nitrogen and oxygen atoms in total. The van der Waals surface area contributed by atoms with Crippen LogP contribution in [0, 0.1) is 5.92 Å². The SMILES string of the molecule is CC(C)C1(C2=COCCC2)CCCN1. The Labute approximate surface area is 86.7 Å². The molecule has 2 aliphatic heterocycles. The fourth-order valence-corrected chi connectivity index (χ4v) is 2.80. The Hall–Kier alpha value is -0.500. The van der Waals surface area contributed by atoms with Crippen LogP contribution in [0.3, 0.4) is 0 Å². The molecule has 1 unspecified atom stereocenters. The molecule has 0 amide bonds. The molecule has 2 aliphatic rings. The van der Waals surface area contributed by atoms with Crippen molar-refractivity contribution in [2.24, 2.45) is 5.92 Å². The first-order valence-electron chi connectivity index (χ1n) is 5.82. The molecule has 80 valence electrons. The van der Waals surface area contributed by atoms with Gasteiger partial charge in [0, 0.05) is 5.54 Å². The number of ether oxygens (including phenoxy) is 1. The zero-order valence-electron chi connectivity index (χ0n) is 9.31. The molecular weight excluding hydrogens is 174 g/mol. The van der Waals surface area contributed by atoms with Gasteiger partial charge >= 0.3 is 0 Å².